The lowest BCUT2D eigenvalue weighted by Crippen LogP contribution is -2.64. The molecule has 0 aromatic heterocycles. The number of ether oxygens (including phenoxy) is 4. The average Bonchev–Trinajstić information content (AvgIpc) is 3.51. The Morgan fingerprint density at radius 1 is 0.929 bits per heavy atom. The number of aliphatic hydroxyl groups excluding tert-OH is 2. The molecule has 56 heavy (non-hydrogen) atoms. The summed E-state index contributed by atoms with van der Waals surface area (Å²) in [5.74, 6) is -6.51. The van der Waals surface area contributed by atoms with E-state index in [-0.39, 0.29) is 55.4 Å². The first-order valence-electron chi connectivity index (χ1n) is 21.3. The first kappa shape index (κ1) is 44.6. The number of cyclic esters (lactones) is 1. The Morgan fingerprint density at radius 3 is 2.29 bits per heavy atom. The van der Waals surface area contributed by atoms with Crippen LogP contribution in [0, 0.1) is 41.4 Å². The predicted octanol–water partition coefficient (Wildman–Crippen LogP) is 5.09. The predicted molar refractivity (Wildman–Crippen MR) is 209 cm³/mol. The maximum atomic E-state index is 14.3. The number of esters is 1. The van der Waals surface area contributed by atoms with E-state index in [1.807, 2.05) is 26.8 Å². The van der Waals surface area contributed by atoms with E-state index in [0.29, 0.717) is 38.0 Å². The van der Waals surface area contributed by atoms with Crippen molar-refractivity contribution in [2.45, 2.75) is 167 Å². The fourth-order valence-corrected chi connectivity index (χ4v) is 10.5. The van der Waals surface area contributed by atoms with E-state index in [2.05, 4.69) is 13.0 Å². The number of Topliss-reactive ketones (excluding diaryl/α,β-unsaturated/α-hetero) is 2. The summed E-state index contributed by atoms with van der Waals surface area (Å²) in [4.78, 5) is 57.8. The van der Waals surface area contributed by atoms with Gasteiger partial charge in [-0.3, -0.25) is 14.4 Å². The summed E-state index contributed by atoms with van der Waals surface area (Å²) in [6, 6.07) is -1.11. The Labute approximate surface area is 333 Å². The molecule has 12 nitrogen and oxygen atoms in total. The Hall–Kier alpha value is -2.48. The molecule has 0 aromatic carbocycles. The van der Waals surface area contributed by atoms with Gasteiger partial charge in [0.2, 0.25) is 5.79 Å². The van der Waals surface area contributed by atoms with Gasteiger partial charge in [-0.25, -0.2) is 4.79 Å². The molecule has 4 unspecified atom stereocenters. The normalized spacial score (nSPS) is 43.7. The van der Waals surface area contributed by atoms with Crippen LogP contribution in [0.5, 0.6) is 0 Å². The fourth-order valence-electron chi connectivity index (χ4n) is 10.5. The van der Waals surface area contributed by atoms with Crippen LogP contribution in [0.4, 0.5) is 0 Å². The lowest BCUT2D eigenvalue weighted by Gasteiger charge is -2.47. The van der Waals surface area contributed by atoms with Crippen molar-refractivity contribution in [1.29, 1.82) is 0 Å². The maximum absolute atomic E-state index is 14.3. The summed E-state index contributed by atoms with van der Waals surface area (Å²) in [5.41, 5.74) is 1.75. The van der Waals surface area contributed by atoms with Crippen molar-refractivity contribution in [3.8, 4) is 0 Å². The molecule has 0 spiro atoms. The van der Waals surface area contributed by atoms with Gasteiger partial charge >= 0.3 is 5.97 Å². The largest absolute Gasteiger partial charge is 0.456 e. The zero-order valence-electron chi connectivity index (χ0n) is 35.0. The van der Waals surface area contributed by atoms with Gasteiger partial charge in [-0.2, -0.15) is 0 Å². The third-order valence-electron chi connectivity index (χ3n) is 13.9. The lowest BCUT2D eigenvalue weighted by molar-refractivity contribution is -0.302. The van der Waals surface area contributed by atoms with Crippen molar-refractivity contribution >= 4 is 23.4 Å². The number of nitrogens with zero attached hydrogens (tertiary/aromatic N) is 1. The molecule has 15 atom stereocenters. The Kier molecular flexibility index (Phi) is 15.2. The first-order valence-corrected chi connectivity index (χ1v) is 21.3. The number of aliphatic hydroxyl groups is 3. The minimum Gasteiger partial charge on any atom is -0.456 e. The van der Waals surface area contributed by atoms with Gasteiger partial charge in [-0.1, -0.05) is 45.4 Å². The van der Waals surface area contributed by atoms with Gasteiger partial charge in [0.1, 0.15) is 24.0 Å². The average molecular weight is 788 g/mol. The van der Waals surface area contributed by atoms with Crippen LogP contribution in [0.3, 0.4) is 0 Å². The zero-order valence-corrected chi connectivity index (χ0v) is 35.0. The van der Waals surface area contributed by atoms with E-state index in [4.69, 9.17) is 18.9 Å². The third kappa shape index (κ3) is 9.69. The van der Waals surface area contributed by atoms with E-state index in [1.54, 1.807) is 13.8 Å². The molecule has 5 rings (SSSR count). The van der Waals surface area contributed by atoms with Gasteiger partial charge in [-0.15, -0.1) is 0 Å². The molecule has 2 saturated heterocycles. The van der Waals surface area contributed by atoms with E-state index in [9.17, 15) is 34.5 Å². The second-order valence-electron chi connectivity index (χ2n) is 18.0. The number of methoxy groups -OCH3 is 2. The van der Waals surface area contributed by atoms with Crippen LogP contribution in [0.1, 0.15) is 119 Å². The highest BCUT2D eigenvalue weighted by Crippen LogP contribution is 2.47. The van der Waals surface area contributed by atoms with Crippen LogP contribution in [-0.2, 0) is 38.1 Å². The molecule has 3 aliphatic heterocycles. The number of hydrogen-bond donors (Lipinski definition) is 3. The number of rotatable bonds is 5. The minimum absolute atomic E-state index is 0.0462. The molecule has 12 heteroatoms. The van der Waals surface area contributed by atoms with E-state index in [0.717, 1.165) is 36.8 Å². The van der Waals surface area contributed by atoms with Gasteiger partial charge in [0.05, 0.1) is 24.4 Å². The Balaban J connectivity index is 1.53. The highest BCUT2D eigenvalue weighted by atomic mass is 16.7. The van der Waals surface area contributed by atoms with Crippen molar-refractivity contribution in [3.63, 3.8) is 0 Å². The molecule has 2 saturated carbocycles. The molecule has 3 heterocycles. The molecule has 1 amide bonds. The summed E-state index contributed by atoms with van der Waals surface area (Å²) < 4.78 is 24.3. The Bertz CT molecular complexity index is 1480. The van der Waals surface area contributed by atoms with Crippen molar-refractivity contribution in [2.24, 2.45) is 41.4 Å². The molecule has 4 fully saturated rings. The Morgan fingerprint density at radius 2 is 1.62 bits per heavy atom. The van der Waals surface area contributed by atoms with Crippen LogP contribution >= 0.6 is 0 Å². The van der Waals surface area contributed by atoms with Gasteiger partial charge in [0.25, 0.3) is 11.7 Å². The number of piperidine rings is 1. The van der Waals surface area contributed by atoms with Gasteiger partial charge < -0.3 is 39.2 Å². The smallest absolute Gasteiger partial charge is 0.329 e. The van der Waals surface area contributed by atoms with Crippen LogP contribution in [0.25, 0.3) is 0 Å². The van der Waals surface area contributed by atoms with E-state index in [1.165, 1.54) is 19.1 Å². The SMILES string of the molecule is CC[C@@H]1/C=C(\C)C[C@H](C)C[C@H](OC)[C@H]2O[C@@](O)(C(=O)C(=O)N3CCCC[C@H]3C(=O)O[C@@H](/C(C)=C/C3CC4CC3CCC4O)[C@H](C)[C@@H](O)CC1=O)[C@H](C)C[C@@H]2OC. The van der Waals surface area contributed by atoms with Crippen molar-refractivity contribution in [1.82, 2.24) is 4.90 Å². The summed E-state index contributed by atoms with van der Waals surface area (Å²) in [5, 5.41) is 34.3. The number of carbonyl (C=O) groups is 4. The third-order valence-corrected chi connectivity index (χ3v) is 13.9. The number of ketones is 2. The number of amides is 1. The molecule has 2 aliphatic carbocycles. The first-order chi connectivity index (χ1) is 26.5. The summed E-state index contributed by atoms with van der Waals surface area (Å²) in [6.45, 7) is 11.4. The van der Waals surface area contributed by atoms with Gasteiger partial charge in [-0.05, 0) is 114 Å². The van der Waals surface area contributed by atoms with Gasteiger partial charge in [0.15, 0.2) is 0 Å². The van der Waals surface area contributed by atoms with Crippen molar-refractivity contribution in [2.75, 3.05) is 20.8 Å². The van der Waals surface area contributed by atoms with Gasteiger partial charge in [0, 0.05) is 44.9 Å². The molecule has 5 aliphatic rings. The molecular weight excluding hydrogens is 718 g/mol. The summed E-state index contributed by atoms with van der Waals surface area (Å²) >= 11 is 0. The number of carbonyl (C=O) groups excluding carboxylic acids is 4. The molecule has 0 aromatic rings. The monoisotopic (exact) mass is 787 g/mol. The number of allylic oxidation sites excluding steroid dienone is 3. The second kappa shape index (κ2) is 19.1. The van der Waals surface area contributed by atoms with Crippen LogP contribution in [0.15, 0.2) is 23.3 Å². The number of hydrogen-bond acceptors (Lipinski definition) is 11. The molecule has 3 N–H and O–H groups in total. The standard InChI is InChI=1S/C44H69NO11/c1-9-29-17-24(2)16-25(3)18-37(53-7)40-38(54-8)20-27(5)44(52,56-40)41(49)42(50)45-15-11-10-12-33(45)43(51)55-39(28(6)35(47)23-36(29)48)26(4)19-31-22-32-21-30(31)13-14-34(32)46/h17,19,25,27-35,37-40,46-47,52H,9-16,18,20-23H2,1-8H3/b24-17+,26-19+/t25-,27+,28+,29+,30?,31?,32?,33-,34?,35-,37-,38-,39-,40+,44+/m0/s1. The highest BCUT2D eigenvalue weighted by molar-refractivity contribution is 6.39. The maximum Gasteiger partial charge on any atom is 0.329 e. The van der Waals surface area contributed by atoms with Crippen LogP contribution in [0.2, 0.25) is 0 Å². The molecule has 316 valence electrons. The van der Waals surface area contributed by atoms with Crippen molar-refractivity contribution in [3.05, 3.63) is 23.3 Å². The van der Waals surface area contributed by atoms with E-state index >= 15 is 0 Å². The zero-order chi connectivity index (χ0) is 41.1. The van der Waals surface area contributed by atoms with E-state index < -0.39 is 77.8 Å². The van der Waals surface area contributed by atoms with Crippen LogP contribution < -0.4 is 0 Å². The molecule has 4 bridgehead atoms. The van der Waals surface area contributed by atoms with Crippen molar-refractivity contribution < 1.29 is 53.4 Å². The topological polar surface area (TPSA) is 169 Å². The quantitative estimate of drug-likeness (QED) is 0.193. The lowest BCUT2D eigenvalue weighted by atomic mass is 9.82. The summed E-state index contributed by atoms with van der Waals surface area (Å²) in [7, 11) is 3.08. The van der Waals surface area contributed by atoms with Crippen LogP contribution in [-0.4, -0.2) is 113 Å². The highest BCUT2D eigenvalue weighted by Gasteiger charge is 2.56. The molecule has 0 radical (unpaired) electrons. The number of fused-ring (bicyclic) bond motifs is 5. The second-order valence-corrected chi connectivity index (χ2v) is 18.0. The molecular formula is C44H69NO11. The summed E-state index contributed by atoms with van der Waals surface area (Å²) in [6.07, 6.45) is 6.40. The fraction of sp³-hybridized carbons (Fsp3) is 0.818. The minimum atomic E-state index is -2.49.